The van der Waals surface area contributed by atoms with Crippen molar-refractivity contribution in [1.29, 1.82) is 0 Å². The van der Waals surface area contributed by atoms with Gasteiger partial charge in [0.05, 0.1) is 0 Å². The number of rotatable bonds is 5. The van der Waals surface area contributed by atoms with E-state index < -0.39 is 0 Å². The maximum Gasteiger partial charge on any atom is 0.268 e. The molecule has 1 amide bonds. The lowest BCUT2D eigenvalue weighted by atomic mass is 10.2. The number of amides is 1. The molecule has 0 saturated heterocycles. The minimum Gasteiger partial charge on any atom is -0.347 e. The Hall–Kier alpha value is -2.88. The molecule has 0 unspecified atom stereocenters. The van der Waals surface area contributed by atoms with E-state index in [0.717, 1.165) is 11.1 Å². The normalized spacial score (nSPS) is 10.5. The molecule has 0 saturated carbocycles. The monoisotopic (exact) mass is 308 g/mol. The van der Waals surface area contributed by atoms with Gasteiger partial charge in [-0.2, -0.15) is 0 Å². The van der Waals surface area contributed by atoms with Crippen molar-refractivity contribution in [2.45, 2.75) is 13.1 Å². The molecule has 1 aromatic heterocycles. The van der Waals surface area contributed by atoms with E-state index in [1.54, 1.807) is 18.2 Å². The smallest absolute Gasteiger partial charge is 0.268 e. The topological polar surface area (TPSA) is 34.0 Å². The number of halogens is 1. The highest BCUT2D eigenvalue weighted by molar-refractivity contribution is 5.92. The van der Waals surface area contributed by atoms with Crippen LogP contribution in [0, 0.1) is 5.82 Å². The molecule has 1 heterocycles. The van der Waals surface area contributed by atoms with Gasteiger partial charge in [0, 0.05) is 19.3 Å². The second-order valence-corrected chi connectivity index (χ2v) is 5.32. The van der Waals surface area contributed by atoms with Crippen molar-refractivity contribution >= 4 is 5.91 Å². The molecular formula is C19H17FN2O. The number of hydrogen-bond donors (Lipinski definition) is 1. The van der Waals surface area contributed by atoms with Crippen LogP contribution in [0.2, 0.25) is 0 Å². The summed E-state index contributed by atoms with van der Waals surface area (Å²) in [6.07, 6.45) is 1.85. The van der Waals surface area contributed by atoms with E-state index in [1.807, 2.05) is 47.2 Å². The van der Waals surface area contributed by atoms with Crippen LogP contribution in [-0.4, -0.2) is 10.5 Å². The molecule has 23 heavy (non-hydrogen) atoms. The van der Waals surface area contributed by atoms with Gasteiger partial charge in [-0.1, -0.05) is 42.5 Å². The second-order valence-electron chi connectivity index (χ2n) is 5.32. The van der Waals surface area contributed by atoms with Crippen LogP contribution in [0.3, 0.4) is 0 Å². The quantitative estimate of drug-likeness (QED) is 0.767. The average Bonchev–Trinajstić information content (AvgIpc) is 3.04. The summed E-state index contributed by atoms with van der Waals surface area (Å²) < 4.78 is 14.8. The van der Waals surface area contributed by atoms with E-state index in [1.165, 1.54) is 12.1 Å². The minimum absolute atomic E-state index is 0.124. The lowest BCUT2D eigenvalue weighted by molar-refractivity contribution is 0.0942. The molecule has 0 aliphatic heterocycles. The first kappa shape index (κ1) is 15.0. The zero-order valence-corrected chi connectivity index (χ0v) is 12.6. The molecule has 2 aromatic carbocycles. The summed E-state index contributed by atoms with van der Waals surface area (Å²) in [6, 6.07) is 19.7. The third-order valence-electron chi connectivity index (χ3n) is 3.62. The molecule has 0 spiro atoms. The highest BCUT2D eigenvalue weighted by Gasteiger charge is 2.10. The summed E-state index contributed by atoms with van der Waals surface area (Å²) >= 11 is 0. The molecule has 3 nitrogen and oxygen atoms in total. The van der Waals surface area contributed by atoms with Crippen LogP contribution in [0.4, 0.5) is 4.39 Å². The fraction of sp³-hybridized carbons (Fsp3) is 0.105. The lowest BCUT2D eigenvalue weighted by Gasteiger charge is -2.10. The Labute approximate surface area is 134 Å². The summed E-state index contributed by atoms with van der Waals surface area (Å²) in [5, 5.41) is 2.92. The molecule has 1 N–H and O–H groups in total. The van der Waals surface area contributed by atoms with Crippen LogP contribution < -0.4 is 5.32 Å². The Balaban J connectivity index is 1.67. The number of nitrogens with one attached hydrogen (secondary N) is 1. The lowest BCUT2D eigenvalue weighted by Crippen LogP contribution is -2.25. The summed E-state index contributed by atoms with van der Waals surface area (Å²) in [6.45, 7) is 1.02. The first-order chi connectivity index (χ1) is 11.2. The fourth-order valence-corrected chi connectivity index (χ4v) is 2.41. The summed E-state index contributed by atoms with van der Waals surface area (Å²) in [5.41, 5.74) is 2.59. The summed E-state index contributed by atoms with van der Waals surface area (Å²) in [5.74, 6) is -0.386. The Bertz CT molecular complexity index is 779. The van der Waals surface area contributed by atoms with E-state index in [2.05, 4.69) is 5.32 Å². The Morgan fingerprint density at radius 1 is 0.913 bits per heavy atom. The van der Waals surface area contributed by atoms with Crippen LogP contribution in [0.5, 0.6) is 0 Å². The van der Waals surface area contributed by atoms with Gasteiger partial charge in [0.15, 0.2) is 0 Å². The molecule has 3 rings (SSSR count). The van der Waals surface area contributed by atoms with E-state index in [9.17, 15) is 9.18 Å². The van der Waals surface area contributed by atoms with Crippen LogP contribution in [0.15, 0.2) is 72.9 Å². The van der Waals surface area contributed by atoms with Crippen molar-refractivity contribution in [2.24, 2.45) is 0 Å². The Kier molecular flexibility index (Phi) is 4.52. The molecule has 0 bridgehead atoms. The van der Waals surface area contributed by atoms with Crippen molar-refractivity contribution in [3.63, 3.8) is 0 Å². The Morgan fingerprint density at radius 3 is 2.39 bits per heavy atom. The first-order valence-electron chi connectivity index (χ1n) is 7.44. The molecule has 0 atom stereocenters. The molecule has 3 aromatic rings. The third-order valence-corrected chi connectivity index (χ3v) is 3.62. The maximum absolute atomic E-state index is 13.0. The molecule has 116 valence electrons. The van der Waals surface area contributed by atoms with Gasteiger partial charge in [-0.25, -0.2) is 4.39 Å². The van der Waals surface area contributed by atoms with Gasteiger partial charge in [-0.15, -0.1) is 0 Å². The number of carbonyl (C=O) groups is 1. The predicted molar refractivity (Wildman–Crippen MR) is 87.5 cm³/mol. The molecule has 0 aliphatic rings. The summed E-state index contributed by atoms with van der Waals surface area (Å²) in [7, 11) is 0. The molecular weight excluding hydrogens is 291 g/mol. The van der Waals surface area contributed by atoms with Crippen molar-refractivity contribution in [1.82, 2.24) is 9.88 Å². The maximum atomic E-state index is 13.0. The number of benzene rings is 2. The van der Waals surface area contributed by atoms with Crippen LogP contribution >= 0.6 is 0 Å². The van der Waals surface area contributed by atoms with Crippen LogP contribution in [0.1, 0.15) is 21.6 Å². The zero-order valence-electron chi connectivity index (χ0n) is 12.6. The second kappa shape index (κ2) is 6.92. The molecule has 0 fully saturated rings. The van der Waals surface area contributed by atoms with Crippen molar-refractivity contribution in [3.8, 4) is 0 Å². The average molecular weight is 308 g/mol. The van der Waals surface area contributed by atoms with Gasteiger partial charge in [0.25, 0.3) is 5.91 Å². The van der Waals surface area contributed by atoms with E-state index in [-0.39, 0.29) is 11.7 Å². The third kappa shape index (κ3) is 3.86. The van der Waals surface area contributed by atoms with E-state index >= 15 is 0 Å². The summed E-state index contributed by atoms with van der Waals surface area (Å²) in [4.78, 5) is 12.4. The minimum atomic E-state index is -0.262. The first-order valence-corrected chi connectivity index (χ1v) is 7.44. The molecule has 0 radical (unpaired) electrons. The Morgan fingerprint density at radius 2 is 1.65 bits per heavy atom. The van der Waals surface area contributed by atoms with Crippen molar-refractivity contribution in [2.75, 3.05) is 0 Å². The molecule has 4 heteroatoms. The van der Waals surface area contributed by atoms with Gasteiger partial charge in [0.2, 0.25) is 0 Å². The van der Waals surface area contributed by atoms with Gasteiger partial charge in [-0.05, 0) is 35.4 Å². The van der Waals surface area contributed by atoms with Gasteiger partial charge < -0.3 is 9.88 Å². The predicted octanol–water partition coefficient (Wildman–Crippen LogP) is 3.61. The van der Waals surface area contributed by atoms with Gasteiger partial charge >= 0.3 is 0 Å². The van der Waals surface area contributed by atoms with Crippen LogP contribution in [-0.2, 0) is 13.1 Å². The standard InChI is InChI=1S/C19H17FN2O/c20-17-10-8-16(9-11-17)14-22-12-4-7-18(22)19(23)21-13-15-5-2-1-3-6-15/h1-12H,13-14H2,(H,21,23). The van der Waals surface area contributed by atoms with E-state index in [0.29, 0.717) is 18.8 Å². The van der Waals surface area contributed by atoms with E-state index in [4.69, 9.17) is 0 Å². The van der Waals surface area contributed by atoms with Crippen LogP contribution in [0.25, 0.3) is 0 Å². The highest BCUT2D eigenvalue weighted by Crippen LogP contribution is 2.09. The van der Waals surface area contributed by atoms with Gasteiger partial charge in [0.1, 0.15) is 11.5 Å². The highest BCUT2D eigenvalue weighted by atomic mass is 19.1. The number of aromatic nitrogens is 1. The number of nitrogens with zero attached hydrogens (tertiary/aromatic N) is 1. The number of hydrogen-bond acceptors (Lipinski definition) is 1. The largest absolute Gasteiger partial charge is 0.347 e. The number of carbonyl (C=O) groups excluding carboxylic acids is 1. The van der Waals surface area contributed by atoms with Crippen molar-refractivity contribution in [3.05, 3.63) is 95.6 Å². The molecule has 0 aliphatic carbocycles. The van der Waals surface area contributed by atoms with Crippen molar-refractivity contribution < 1.29 is 9.18 Å². The zero-order chi connectivity index (χ0) is 16.1. The SMILES string of the molecule is O=C(NCc1ccccc1)c1cccn1Cc1ccc(F)cc1. The fourth-order valence-electron chi connectivity index (χ4n) is 2.41. The van der Waals surface area contributed by atoms with Gasteiger partial charge in [-0.3, -0.25) is 4.79 Å².